The lowest BCUT2D eigenvalue weighted by Crippen LogP contribution is -1.96. The maximum Gasteiger partial charge on any atom is 0.254 e. The van der Waals surface area contributed by atoms with Crippen LogP contribution in [-0.2, 0) is 6.61 Å². The van der Waals surface area contributed by atoms with Gasteiger partial charge in [-0.25, -0.2) is 0 Å². The number of ether oxygens (including phenoxy) is 1. The minimum Gasteiger partial charge on any atom is -0.484 e. The Morgan fingerprint density at radius 2 is 1.65 bits per heavy atom. The summed E-state index contributed by atoms with van der Waals surface area (Å²) in [4.78, 5) is 0. The molecular weight excluding hydrogens is 288 g/mol. The number of nitrogens with zero attached hydrogens (tertiary/aromatic N) is 2. The molecule has 0 aliphatic rings. The van der Waals surface area contributed by atoms with Crippen molar-refractivity contribution in [1.29, 1.82) is 0 Å². The summed E-state index contributed by atoms with van der Waals surface area (Å²) < 4.78 is 11.3. The molecule has 23 heavy (non-hydrogen) atoms. The Labute approximate surface area is 136 Å². The van der Waals surface area contributed by atoms with Crippen LogP contribution in [0.2, 0.25) is 0 Å². The monoisotopic (exact) mass is 308 g/mol. The van der Waals surface area contributed by atoms with Crippen molar-refractivity contribution >= 4 is 0 Å². The molecule has 0 amide bonds. The lowest BCUT2D eigenvalue weighted by atomic mass is 10.0. The van der Waals surface area contributed by atoms with E-state index in [-0.39, 0.29) is 6.61 Å². The highest BCUT2D eigenvalue weighted by Crippen LogP contribution is 2.21. The maximum absolute atomic E-state index is 5.70. The molecule has 118 valence electrons. The molecule has 4 nitrogen and oxygen atoms in total. The van der Waals surface area contributed by atoms with E-state index in [1.165, 1.54) is 11.1 Å². The van der Waals surface area contributed by atoms with Crippen molar-refractivity contribution in [3.05, 3.63) is 65.5 Å². The average molecular weight is 308 g/mol. The molecule has 0 radical (unpaired) electrons. The van der Waals surface area contributed by atoms with Crippen molar-refractivity contribution < 1.29 is 9.15 Å². The molecule has 0 aliphatic carbocycles. The molecule has 3 rings (SSSR count). The SMILES string of the molecule is Cc1ccc(-c2nnc(COc3ccc(C(C)C)cc3)o2)cc1. The van der Waals surface area contributed by atoms with Gasteiger partial charge in [-0.05, 0) is 42.7 Å². The predicted molar refractivity (Wildman–Crippen MR) is 89.3 cm³/mol. The van der Waals surface area contributed by atoms with Gasteiger partial charge in [-0.2, -0.15) is 0 Å². The largest absolute Gasteiger partial charge is 0.484 e. The van der Waals surface area contributed by atoms with Gasteiger partial charge in [-0.1, -0.05) is 43.7 Å². The van der Waals surface area contributed by atoms with Crippen molar-refractivity contribution in [2.24, 2.45) is 0 Å². The van der Waals surface area contributed by atoms with Gasteiger partial charge in [0.15, 0.2) is 6.61 Å². The fraction of sp³-hybridized carbons (Fsp3) is 0.263. The van der Waals surface area contributed by atoms with E-state index < -0.39 is 0 Å². The van der Waals surface area contributed by atoms with Crippen LogP contribution in [0.1, 0.15) is 36.8 Å². The molecule has 1 aromatic heterocycles. The van der Waals surface area contributed by atoms with Crippen molar-refractivity contribution in [2.45, 2.75) is 33.3 Å². The van der Waals surface area contributed by atoms with Gasteiger partial charge in [0.25, 0.3) is 5.89 Å². The Hall–Kier alpha value is -2.62. The van der Waals surface area contributed by atoms with Gasteiger partial charge < -0.3 is 9.15 Å². The third-order valence-electron chi connectivity index (χ3n) is 3.67. The highest BCUT2D eigenvalue weighted by Gasteiger charge is 2.09. The van der Waals surface area contributed by atoms with E-state index in [2.05, 4.69) is 36.2 Å². The van der Waals surface area contributed by atoms with Crippen LogP contribution in [-0.4, -0.2) is 10.2 Å². The molecule has 3 aromatic rings. The average Bonchev–Trinajstić information content (AvgIpc) is 3.03. The van der Waals surface area contributed by atoms with E-state index >= 15 is 0 Å². The topological polar surface area (TPSA) is 48.2 Å². The second-order valence-electron chi connectivity index (χ2n) is 5.88. The van der Waals surface area contributed by atoms with Crippen LogP contribution in [0.15, 0.2) is 52.9 Å². The zero-order valence-corrected chi connectivity index (χ0v) is 13.6. The fourth-order valence-corrected chi connectivity index (χ4v) is 2.22. The molecule has 0 unspecified atom stereocenters. The normalized spacial score (nSPS) is 11.0. The molecule has 2 aromatic carbocycles. The first-order valence-electron chi connectivity index (χ1n) is 7.74. The predicted octanol–water partition coefficient (Wildman–Crippen LogP) is 4.75. The molecule has 0 saturated heterocycles. The lowest BCUT2D eigenvalue weighted by Gasteiger charge is -2.07. The van der Waals surface area contributed by atoms with E-state index in [0.717, 1.165) is 11.3 Å². The Morgan fingerprint density at radius 1 is 0.957 bits per heavy atom. The molecule has 0 spiro atoms. The first-order valence-corrected chi connectivity index (χ1v) is 7.74. The van der Waals surface area contributed by atoms with Gasteiger partial charge in [0.1, 0.15) is 5.75 Å². The summed E-state index contributed by atoms with van der Waals surface area (Å²) in [7, 11) is 0. The fourth-order valence-electron chi connectivity index (χ4n) is 2.22. The van der Waals surface area contributed by atoms with E-state index in [4.69, 9.17) is 9.15 Å². The lowest BCUT2D eigenvalue weighted by molar-refractivity contribution is 0.264. The summed E-state index contributed by atoms with van der Waals surface area (Å²) >= 11 is 0. The van der Waals surface area contributed by atoms with Crippen molar-refractivity contribution in [1.82, 2.24) is 10.2 Å². The highest BCUT2D eigenvalue weighted by molar-refractivity contribution is 5.52. The van der Waals surface area contributed by atoms with E-state index in [1.54, 1.807) is 0 Å². The third-order valence-corrected chi connectivity index (χ3v) is 3.67. The number of benzene rings is 2. The molecule has 0 fully saturated rings. The molecule has 0 N–H and O–H groups in total. The Kier molecular flexibility index (Phi) is 4.42. The van der Waals surface area contributed by atoms with Gasteiger partial charge in [-0.15, -0.1) is 10.2 Å². The molecule has 0 saturated carbocycles. The van der Waals surface area contributed by atoms with E-state index in [9.17, 15) is 0 Å². The van der Waals surface area contributed by atoms with Crippen LogP contribution >= 0.6 is 0 Å². The molecule has 4 heteroatoms. The zero-order chi connectivity index (χ0) is 16.2. The highest BCUT2D eigenvalue weighted by atomic mass is 16.5. The summed E-state index contributed by atoms with van der Waals surface area (Å²) in [5, 5.41) is 8.10. The Morgan fingerprint density at radius 3 is 2.30 bits per heavy atom. The number of aryl methyl sites for hydroxylation is 1. The van der Waals surface area contributed by atoms with Crippen LogP contribution in [0, 0.1) is 6.92 Å². The quantitative estimate of drug-likeness (QED) is 0.682. The summed E-state index contributed by atoms with van der Waals surface area (Å²) in [6.45, 7) is 6.64. The molecule has 0 aliphatic heterocycles. The smallest absolute Gasteiger partial charge is 0.254 e. The third kappa shape index (κ3) is 3.77. The first kappa shape index (κ1) is 15.3. The number of hydrogen-bond acceptors (Lipinski definition) is 4. The summed E-state index contributed by atoms with van der Waals surface area (Å²) in [6, 6.07) is 16.1. The van der Waals surface area contributed by atoms with Crippen LogP contribution in [0.3, 0.4) is 0 Å². The van der Waals surface area contributed by atoms with E-state index in [0.29, 0.717) is 17.7 Å². The van der Waals surface area contributed by atoms with Crippen LogP contribution < -0.4 is 4.74 Å². The first-order chi connectivity index (χ1) is 11.1. The number of aromatic nitrogens is 2. The number of hydrogen-bond donors (Lipinski definition) is 0. The van der Waals surface area contributed by atoms with Crippen molar-refractivity contribution in [3.8, 4) is 17.2 Å². The van der Waals surface area contributed by atoms with Gasteiger partial charge in [0, 0.05) is 5.56 Å². The minimum absolute atomic E-state index is 0.264. The summed E-state index contributed by atoms with van der Waals surface area (Å²) in [5.41, 5.74) is 3.40. The Balaban J connectivity index is 1.64. The standard InChI is InChI=1S/C19H20N2O2/c1-13(2)15-8-10-17(11-9-15)22-12-18-20-21-19(23-18)16-6-4-14(3)5-7-16/h4-11,13H,12H2,1-3H3. The zero-order valence-electron chi connectivity index (χ0n) is 13.6. The van der Waals surface area contributed by atoms with E-state index in [1.807, 2.05) is 43.3 Å². The summed E-state index contributed by atoms with van der Waals surface area (Å²) in [5.74, 6) is 2.29. The van der Waals surface area contributed by atoms with Gasteiger partial charge in [0.2, 0.25) is 5.89 Å². The minimum atomic E-state index is 0.264. The van der Waals surface area contributed by atoms with Gasteiger partial charge >= 0.3 is 0 Å². The van der Waals surface area contributed by atoms with Crippen molar-refractivity contribution in [2.75, 3.05) is 0 Å². The second-order valence-corrected chi connectivity index (χ2v) is 5.88. The molecule has 1 heterocycles. The maximum atomic E-state index is 5.70. The molecule has 0 atom stereocenters. The molecule has 0 bridgehead atoms. The van der Waals surface area contributed by atoms with Crippen LogP contribution in [0.5, 0.6) is 5.75 Å². The second kappa shape index (κ2) is 6.65. The van der Waals surface area contributed by atoms with Crippen LogP contribution in [0.4, 0.5) is 0 Å². The van der Waals surface area contributed by atoms with Gasteiger partial charge in [0.05, 0.1) is 0 Å². The molecular formula is C19H20N2O2. The Bertz CT molecular complexity index is 759. The summed E-state index contributed by atoms with van der Waals surface area (Å²) in [6.07, 6.45) is 0. The van der Waals surface area contributed by atoms with Gasteiger partial charge in [-0.3, -0.25) is 0 Å². The van der Waals surface area contributed by atoms with Crippen LogP contribution in [0.25, 0.3) is 11.5 Å². The van der Waals surface area contributed by atoms with Crippen molar-refractivity contribution in [3.63, 3.8) is 0 Å². The number of rotatable bonds is 5.